The first-order valence-electron chi connectivity index (χ1n) is 7.51. The molecule has 3 aliphatic rings. The summed E-state index contributed by atoms with van der Waals surface area (Å²) in [5.41, 5.74) is 0. The SMILES string of the molecule is CN1C2CCC1CN(C1CCCNCC1)CC2. The minimum absolute atomic E-state index is 0.846. The molecule has 0 aromatic heterocycles. The molecular formula is C14H27N3. The number of nitrogens with one attached hydrogen (secondary N) is 1. The Morgan fingerprint density at radius 2 is 1.76 bits per heavy atom. The van der Waals surface area contributed by atoms with Crippen LogP contribution in [-0.2, 0) is 0 Å². The largest absolute Gasteiger partial charge is 0.317 e. The Bertz CT molecular complexity index is 248. The molecule has 2 bridgehead atoms. The summed E-state index contributed by atoms with van der Waals surface area (Å²) < 4.78 is 0. The summed E-state index contributed by atoms with van der Waals surface area (Å²) in [5, 5.41) is 3.54. The molecule has 0 aliphatic carbocycles. The Morgan fingerprint density at radius 1 is 0.882 bits per heavy atom. The van der Waals surface area contributed by atoms with Gasteiger partial charge in [-0.25, -0.2) is 0 Å². The highest BCUT2D eigenvalue weighted by Crippen LogP contribution is 2.30. The number of hydrogen-bond donors (Lipinski definition) is 1. The third-order valence-electron chi connectivity index (χ3n) is 5.24. The van der Waals surface area contributed by atoms with E-state index in [2.05, 4.69) is 22.2 Å². The zero-order chi connectivity index (χ0) is 11.7. The van der Waals surface area contributed by atoms with Gasteiger partial charge in [0.25, 0.3) is 0 Å². The molecule has 3 heteroatoms. The van der Waals surface area contributed by atoms with Crippen LogP contribution >= 0.6 is 0 Å². The number of fused-ring (bicyclic) bond motifs is 2. The van der Waals surface area contributed by atoms with Gasteiger partial charge in [-0.2, -0.15) is 0 Å². The Hall–Kier alpha value is -0.120. The molecule has 0 amide bonds. The molecule has 0 aromatic rings. The number of hydrogen-bond acceptors (Lipinski definition) is 3. The van der Waals surface area contributed by atoms with Crippen LogP contribution in [0.25, 0.3) is 0 Å². The lowest BCUT2D eigenvalue weighted by atomic mass is 10.0. The number of likely N-dealkylation sites (tertiary alicyclic amines) is 1. The van der Waals surface area contributed by atoms with Crippen molar-refractivity contribution in [2.45, 2.75) is 56.7 Å². The van der Waals surface area contributed by atoms with Gasteiger partial charge in [0, 0.05) is 24.7 Å². The summed E-state index contributed by atoms with van der Waals surface area (Å²) in [5.74, 6) is 0. The zero-order valence-electron chi connectivity index (χ0n) is 11.2. The van der Waals surface area contributed by atoms with Crippen molar-refractivity contribution >= 4 is 0 Å². The van der Waals surface area contributed by atoms with Crippen LogP contribution in [-0.4, -0.2) is 61.2 Å². The summed E-state index contributed by atoms with van der Waals surface area (Å²) in [6.07, 6.45) is 8.42. The third-order valence-corrected chi connectivity index (χ3v) is 5.24. The second kappa shape index (κ2) is 5.25. The lowest BCUT2D eigenvalue weighted by molar-refractivity contribution is 0.160. The van der Waals surface area contributed by atoms with E-state index in [-0.39, 0.29) is 0 Å². The molecular weight excluding hydrogens is 210 g/mol. The lowest BCUT2D eigenvalue weighted by Gasteiger charge is -2.32. The smallest absolute Gasteiger partial charge is 0.0223 e. The van der Waals surface area contributed by atoms with Crippen LogP contribution in [0.1, 0.15) is 38.5 Å². The first-order chi connectivity index (χ1) is 8.34. The molecule has 0 aromatic carbocycles. The van der Waals surface area contributed by atoms with Crippen molar-refractivity contribution in [2.75, 3.05) is 33.2 Å². The van der Waals surface area contributed by atoms with Crippen molar-refractivity contribution in [1.29, 1.82) is 0 Å². The molecule has 0 radical (unpaired) electrons. The molecule has 3 saturated heterocycles. The summed E-state index contributed by atoms with van der Waals surface area (Å²) in [6, 6.07) is 2.59. The van der Waals surface area contributed by atoms with Crippen molar-refractivity contribution in [3.05, 3.63) is 0 Å². The van der Waals surface area contributed by atoms with Crippen molar-refractivity contribution in [3.63, 3.8) is 0 Å². The molecule has 3 rings (SSSR count). The van der Waals surface area contributed by atoms with Gasteiger partial charge in [0.1, 0.15) is 0 Å². The molecule has 3 fully saturated rings. The van der Waals surface area contributed by atoms with Crippen LogP contribution in [0.2, 0.25) is 0 Å². The molecule has 3 aliphatic heterocycles. The van der Waals surface area contributed by atoms with Gasteiger partial charge in [0.2, 0.25) is 0 Å². The second-order valence-corrected chi connectivity index (χ2v) is 6.17. The van der Waals surface area contributed by atoms with Crippen molar-refractivity contribution in [1.82, 2.24) is 15.1 Å². The lowest BCUT2D eigenvalue weighted by Crippen LogP contribution is -2.42. The summed E-state index contributed by atoms with van der Waals surface area (Å²) >= 11 is 0. The van der Waals surface area contributed by atoms with Gasteiger partial charge >= 0.3 is 0 Å². The van der Waals surface area contributed by atoms with Crippen LogP contribution in [0.15, 0.2) is 0 Å². The third kappa shape index (κ3) is 2.51. The van der Waals surface area contributed by atoms with Crippen LogP contribution in [0.5, 0.6) is 0 Å². The van der Waals surface area contributed by atoms with Gasteiger partial charge in [-0.1, -0.05) is 0 Å². The van der Waals surface area contributed by atoms with Crippen molar-refractivity contribution in [3.8, 4) is 0 Å². The molecule has 3 unspecified atom stereocenters. The standard InChI is InChI=1S/C14H27N3/c1-16-12-4-5-14(16)11-17(10-7-12)13-3-2-8-15-9-6-13/h12-15H,2-11H2,1H3. The number of nitrogens with zero attached hydrogens (tertiary/aromatic N) is 2. The second-order valence-electron chi connectivity index (χ2n) is 6.17. The molecule has 98 valence electrons. The van der Waals surface area contributed by atoms with Gasteiger partial charge in [0.05, 0.1) is 0 Å². The van der Waals surface area contributed by atoms with Gasteiger partial charge in [-0.05, 0) is 65.2 Å². The molecule has 17 heavy (non-hydrogen) atoms. The average molecular weight is 237 g/mol. The summed E-state index contributed by atoms with van der Waals surface area (Å²) in [7, 11) is 2.35. The fourth-order valence-corrected chi connectivity index (χ4v) is 4.03. The van der Waals surface area contributed by atoms with E-state index in [1.165, 1.54) is 64.7 Å². The normalized spacial score (nSPS) is 41.1. The highest BCUT2D eigenvalue weighted by Gasteiger charge is 2.36. The highest BCUT2D eigenvalue weighted by atomic mass is 15.3. The zero-order valence-corrected chi connectivity index (χ0v) is 11.2. The fourth-order valence-electron chi connectivity index (χ4n) is 4.03. The van der Waals surface area contributed by atoms with E-state index in [4.69, 9.17) is 0 Å². The molecule has 0 saturated carbocycles. The maximum absolute atomic E-state index is 3.54. The van der Waals surface area contributed by atoms with Gasteiger partial charge < -0.3 is 5.32 Å². The highest BCUT2D eigenvalue weighted by molar-refractivity contribution is 4.93. The maximum Gasteiger partial charge on any atom is 0.0223 e. The summed E-state index contributed by atoms with van der Waals surface area (Å²) in [4.78, 5) is 5.47. The van der Waals surface area contributed by atoms with Crippen LogP contribution in [0, 0.1) is 0 Å². The van der Waals surface area contributed by atoms with E-state index in [0.29, 0.717) is 0 Å². The topological polar surface area (TPSA) is 18.5 Å². The Labute approximate surface area is 106 Å². The molecule has 3 nitrogen and oxygen atoms in total. The van der Waals surface area contributed by atoms with Crippen LogP contribution in [0.3, 0.4) is 0 Å². The van der Waals surface area contributed by atoms with Crippen LogP contribution < -0.4 is 5.32 Å². The molecule has 0 spiro atoms. The first kappa shape index (κ1) is 11.9. The quantitative estimate of drug-likeness (QED) is 0.741. The first-order valence-corrected chi connectivity index (χ1v) is 7.51. The Kier molecular flexibility index (Phi) is 3.69. The summed E-state index contributed by atoms with van der Waals surface area (Å²) in [6.45, 7) is 5.13. The number of rotatable bonds is 1. The molecule has 3 atom stereocenters. The fraction of sp³-hybridized carbons (Fsp3) is 1.00. The Balaban J connectivity index is 1.63. The van der Waals surface area contributed by atoms with E-state index in [9.17, 15) is 0 Å². The number of likely N-dealkylation sites (N-methyl/N-ethyl adjacent to an activating group) is 1. The van der Waals surface area contributed by atoms with E-state index in [1.807, 2.05) is 0 Å². The monoisotopic (exact) mass is 237 g/mol. The van der Waals surface area contributed by atoms with E-state index >= 15 is 0 Å². The van der Waals surface area contributed by atoms with Crippen molar-refractivity contribution < 1.29 is 0 Å². The average Bonchev–Trinajstić information content (AvgIpc) is 2.53. The van der Waals surface area contributed by atoms with Gasteiger partial charge in [-0.15, -0.1) is 0 Å². The maximum atomic E-state index is 3.54. The predicted octanol–water partition coefficient (Wildman–Crippen LogP) is 1.30. The Morgan fingerprint density at radius 3 is 2.71 bits per heavy atom. The minimum atomic E-state index is 0.846. The van der Waals surface area contributed by atoms with E-state index in [0.717, 1.165) is 18.1 Å². The minimum Gasteiger partial charge on any atom is -0.317 e. The van der Waals surface area contributed by atoms with Gasteiger partial charge in [0.15, 0.2) is 0 Å². The molecule has 1 N–H and O–H groups in total. The van der Waals surface area contributed by atoms with E-state index < -0.39 is 0 Å². The van der Waals surface area contributed by atoms with Gasteiger partial charge in [-0.3, -0.25) is 9.80 Å². The van der Waals surface area contributed by atoms with Crippen molar-refractivity contribution in [2.24, 2.45) is 0 Å². The van der Waals surface area contributed by atoms with E-state index in [1.54, 1.807) is 0 Å². The van der Waals surface area contributed by atoms with Crippen LogP contribution in [0.4, 0.5) is 0 Å². The predicted molar refractivity (Wildman–Crippen MR) is 71.3 cm³/mol. The molecule has 3 heterocycles.